The average molecular weight is 200 g/mol. The molecule has 0 radical (unpaired) electrons. The van der Waals surface area contributed by atoms with E-state index < -0.39 is 5.60 Å². The van der Waals surface area contributed by atoms with Crippen LogP contribution in [0.15, 0.2) is 0 Å². The molecule has 0 saturated carbocycles. The molecular weight excluding hydrogens is 180 g/mol. The zero-order valence-electron chi connectivity index (χ0n) is 8.67. The van der Waals surface area contributed by atoms with Gasteiger partial charge in [-0.05, 0) is 0 Å². The van der Waals surface area contributed by atoms with Crippen LogP contribution >= 0.6 is 0 Å². The molecule has 0 spiro atoms. The summed E-state index contributed by atoms with van der Waals surface area (Å²) < 4.78 is 5.26. The van der Waals surface area contributed by atoms with Gasteiger partial charge in [0, 0.05) is 58.8 Å². The van der Waals surface area contributed by atoms with Crippen LogP contribution in [0, 0.1) is 0 Å². The van der Waals surface area contributed by atoms with Gasteiger partial charge in [-0.1, -0.05) is 0 Å². The van der Waals surface area contributed by atoms with Crippen LogP contribution in [-0.4, -0.2) is 61.5 Å². The monoisotopic (exact) mass is 200 g/mol. The van der Waals surface area contributed by atoms with Gasteiger partial charge in [0.2, 0.25) is 0 Å². The summed E-state index contributed by atoms with van der Waals surface area (Å²) >= 11 is 0. The molecule has 2 aliphatic rings. The van der Waals surface area contributed by atoms with Crippen molar-refractivity contribution >= 4 is 0 Å². The van der Waals surface area contributed by atoms with Crippen molar-refractivity contribution in [2.24, 2.45) is 0 Å². The molecule has 82 valence electrons. The molecule has 2 N–H and O–H groups in total. The predicted molar refractivity (Wildman–Crippen MR) is 54.3 cm³/mol. The second kappa shape index (κ2) is 4.57. The number of nitrogens with one attached hydrogen (secondary N) is 1. The third-order valence-electron chi connectivity index (χ3n) is 3.15. The van der Waals surface area contributed by atoms with Crippen LogP contribution in [0.2, 0.25) is 0 Å². The Morgan fingerprint density at radius 1 is 1.21 bits per heavy atom. The molecule has 14 heavy (non-hydrogen) atoms. The zero-order valence-corrected chi connectivity index (χ0v) is 8.67. The van der Waals surface area contributed by atoms with Gasteiger partial charge in [-0.2, -0.15) is 0 Å². The molecule has 2 rings (SSSR count). The van der Waals surface area contributed by atoms with Gasteiger partial charge in [0.25, 0.3) is 0 Å². The summed E-state index contributed by atoms with van der Waals surface area (Å²) in [5.74, 6) is 0. The van der Waals surface area contributed by atoms with Gasteiger partial charge >= 0.3 is 0 Å². The maximum absolute atomic E-state index is 10.3. The molecule has 2 fully saturated rings. The lowest BCUT2D eigenvalue weighted by atomic mass is 9.93. The molecule has 0 atom stereocenters. The van der Waals surface area contributed by atoms with E-state index in [1.54, 1.807) is 0 Å². The Morgan fingerprint density at radius 3 is 2.50 bits per heavy atom. The number of aliphatic hydroxyl groups is 1. The van der Waals surface area contributed by atoms with Crippen molar-refractivity contribution in [3.8, 4) is 0 Å². The largest absolute Gasteiger partial charge is 0.388 e. The Hall–Kier alpha value is -0.160. The molecule has 2 aliphatic heterocycles. The number of ether oxygens (including phenoxy) is 1. The highest BCUT2D eigenvalue weighted by atomic mass is 16.5. The molecule has 0 aromatic carbocycles. The fourth-order valence-corrected chi connectivity index (χ4v) is 2.19. The molecule has 0 bridgehead atoms. The van der Waals surface area contributed by atoms with Crippen molar-refractivity contribution in [2.75, 3.05) is 45.9 Å². The molecule has 4 heteroatoms. The van der Waals surface area contributed by atoms with E-state index in [1.165, 1.54) is 0 Å². The van der Waals surface area contributed by atoms with Crippen LogP contribution < -0.4 is 5.32 Å². The first-order valence-electron chi connectivity index (χ1n) is 5.52. The quantitative estimate of drug-likeness (QED) is 0.627. The van der Waals surface area contributed by atoms with Crippen molar-refractivity contribution in [3.05, 3.63) is 0 Å². The smallest absolute Gasteiger partial charge is 0.0817 e. The number of rotatable bonds is 2. The molecule has 4 nitrogen and oxygen atoms in total. The lowest BCUT2D eigenvalue weighted by Gasteiger charge is -2.38. The molecule has 0 aromatic rings. The van der Waals surface area contributed by atoms with E-state index in [0.29, 0.717) is 13.2 Å². The van der Waals surface area contributed by atoms with Gasteiger partial charge in [0.05, 0.1) is 5.60 Å². The van der Waals surface area contributed by atoms with E-state index >= 15 is 0 Å². The van der Waals surface area contributed by atoms with E-state index in [2.05, 4.69) is 10.2 Å². The van der Waals surface area contributed by atoms with Crippen molar-refractivity contribution < 1.29 is 9.84 Å². The normalized spacial score (nSPS) is 28.9. The van der Waals surface area contributed by atoms with E-state index in [0.717, 1.165) is 45.6 Å². The molecule has 0 amide bonds. The fraction of sp³-hybridized carbons (Fsp3) is 1.00. The maximum atomic E-state index is 10.3. The van der Waals surface area contributed by atoms with Crippen molar-refractivity contribution in [2.45, 2.75) is 18.4 Å². The van der Waals surface area contributed by atoms with Gasteiger partial charge < -0.3 is 15.2 Å². The van der Waals surface area contributed by atoms with E-state index in [1.807, 2.05) is 0 Å². The van der Waals surface area contributed by atoms with Crippen LogP contribution in [0.25, 0.3) is 0 Å². The third kappa shape index (κ3) is 2.67. The van der Waals surface area contributed by atoms with Gasteiger partial charge in [-0.25, -0.2) is 0 Å². The van der Waals surface area contributed by atoms with Gasteiger partial charge in [-0.3, -0.25) is 4.90 Å². The Labute approximate surface area is 85.2 Å². The lowest BCUT2D eigenvalue weighted by molar-refractivity contribution is -0.0808. The number of hydrogen-bond donors (Lipinski definition) is 2. The minimum absolute atomic E-state index is 0.490. The third-order valence-corrected chi connectivity index (χ3v) is 3.15. The Bertz CT molecular complexity index is 175. The number of piperazine rings is 1. The highest BCUT2D eigenvalue weighted by molar-refractivity contribution is 4.86. The van der Waals surface area contributed by atoms with Crippen molar-refractivity contribution in [3.63, 3.8) is 0 Å². The lowest BCUT2D eigenvalue weighted by Crippen LogP contribution is -2.52. The standard InChI is InChI=1S/C10H20N2O2/c13-10(1-7-14-8-2-10)9-12-5-3-11-4-6-12/h11,13H,1-9H2. The molecule has 0 aromatic heterocycles. The van der Waals surface area contributed by atoms with Gasteiger partial charge in [0.1, 0.15) is 0 Å². The fourth-order valence-electron chi connectivity index (χ4n) is 2.19. The highest BCUT2D eigenvalue weighted by Gasteiger charge is 2.32. The SMILES string of the molecule is OC1(CN2CCNCC2)CCOCC1. The Morgan fingerprint density at radius 2 is 1.86 bits per heavy atom. The first kappa shape index (κ1) is 10.4. The summed E-state index contributed by atoms with van der Waals surface area (Å²) in [7, 11) is 0. The van der Waals surface area contributed by atoms with Crippen LogP contribution in [0.4, 0.5) is 0 Å². The first-order chi connectivity index (χ1) is 6.79. The number of hydrogen-bond acceptors (Lipinski definition) is 4. The molecule has 0 aliphatic carbocycles. The van der Waals surface area contributed by atoms with Crippen LogP contribution in [-0.2, 0) is 4.74 Å². The molecule has 2 saturated heterocycles. The van der Waals surface area contributed by atoms with Gasteiger partial charge in [-0.15, -0.1) is 0 Å². The minimum atomic E-state index is -0.490. The summed E-state index contributed by atoms with van der Waals surface area (Å²) in [5, 5.41) is 13.6. The average Bonchev–Trinajstić information content (AvgIpc) is 2.19. The summed E-state index contributed by atoms with van der Waals surface area (Å²) in [6.45, 7) is 6.45. The van der Waals surface area contributed by atoms with Crippen LogP contribution in [0.5, 0.6) is 0 Å². The predicted octanol–water partition coefficient (Wildman–Crippen LogP) is -0.567. The Kier molecular flexibility index (Phi) is 3.38. The second-order valence-corrected chi connectivity index (χ2v) is 4.36. The summed E-state index contributed by atoms with van der Waals surface area (Å²) in [5.41, 5.74) is -0.490. The van der Waals surface area contributed by atoms with Crippen LogP contribution in [0.1, 0.15) is 12.8 Å². The minimum Gasteiger partial charge on any atom is -0.388 e. The van der Waals surface area contributed by atoms with Gasteiger partial charge in [0.15, 0.2) is 0 Å². The summed E-state index contributed by atoms with van der Waals surface area (Å²) in [4.78, 5) is 2.35. The number of β-amino-alcohol motifs (C(OH)–C–C–N with tert-alkyl or cyclic N) is 1. The van der Waals surface area contributed by atoms with E-state index in [4.69, 9.17) is 4.74 Å². The highest BCUT2D eigenvalue weighted by Crippen LogP contribution is 2.21. The number of nitrogens with zero attached hydrogens (tertiary/aromatic N) is 1. The molecule has 2 heterocycles. The zero-order chi connectivity index (χ0) is 9.86. The van der Waals surface area contributed by atoms with E-state index in [9.17, 15) is 5.11 Å². The van der Waals surface area contributed by atoms with Crippen LogP contribution in [0.3, 0.4) is 0 Å². The van der Waals surface area contributed by atoms with Crippen molar-refractivity contribution in [1.82, 2.24) is 10.2 Å². The second-order valence-electron chi connectivity index (χ2n) is 4.36. The van der Waals surface area contributed by atoms with Crippen molar-refractivity contribution in [1.29, 1.82) is 0 Å². The summed E-state index contributed by atoms with van der Waals surface area (Å²) in [6, 6.07) is 0. The topological polar surface area (TPSA) is 44.7 Å². The molecule has 0 unspecified atom stereocenters. The van der Waals surface area contributed by atoms with E-state index in [-0.39, 0.29) is 0 Å². The first-order valence-corrected chi connectivity index (χ1v) is 5.52. The molecular formula is C10H20N2O2. The maximum Gasteiger partial charge on any atom is 0.0817 e. The summed E-state index contributed by atoms with van der Waals surface area (Å²) in [6.07, 6.45) is 1.58. The Balaban J connectivity index is 1.81.